The third kappa shape index (κ3) is 3.73. The van der Waals surface area contributed by atoms with E-state index in [0.717, 1.165) is 13.2 Å². The van der Waals surface area contributed by atoms with Gasteiger partial charge in [-0.15, -0.1) is 0 Å². The summed E-state index contributed by atoms with van der Waals surface area (Å²) in [6.07, 6.45) is 0. The first kappa shape index (κ1) is 10.9. The highest BCUT2D eigenvalue weighted by Crippen LogP contribution is 2.08. The van der Waals surface area contributed by atoms with Crippen LogP contribution in [0.1, 0.15) is 20.8 Å². The predicted molar refractivity (Wildman–Crippen MR) is 48.8 cm³/mol. The van der Waals surface area contributed by atoms with Crippen molar-refractivity contribution in [3.05, 3.63) is 0 Å². The van der Waals surface area contributed by atoms with Crippen LogP contribution in [-0.4, -0.2) is 38.3 Å². The molecule has 0 saturated carbocycles. The Kier molecular flexibility index (Phi) is 5.51. The number of ether oxygens (including phenoxy) is 1. The van der Waals surface area contributed by atoms with E-state index < -0.39 is 0 Å². The highest BCUT2D eigenvalue weighted by Gasteiger charge is 2.14. The predicted octanol–water partition coefficient (Wildman–Crippen LogP) is 1.61. The lowest BCUT2D eigenvalue weighted by Gasteiger charge is -2.28. The molecule has 0 amide bonds. The van der Waals surface area contributed by atoms with E-state index in [2.05, 4.69) is 32.7 Å². The summed E-state index contributed by atoms with van der Waals surface area (Å²) in [4.78, 5) is 2.34. The van der Waals surface area contributed by atoms with Crippen molar-refractivity contribution in [3.8, 4) is 0 Å². The molecule has 0 saturated heterocycles. The van der Waals surface area contributed by atoms with Gasteiger partial charge in [0, 0.05) is 13.2 Å². The van der Waals surface area contributed by atoms with Crippen LogP contribution in [0.15, 0.2) is 0 Å². The maximum Gasteiger partial charge on any atom is 0.0502 e. The molecule has 0 rings (SSSR count). The lowest BCUT2D eigenvalue weighted by Crippen LogP contribution is -2.35. The average molecular weight is 159 g/mol. The van der Waals surface area contributed by atoms with E-state index >= 15 is 0 Å². The van der Waals surface area contributed by atoms with Crippen LogP contribution in [0.3, 0.4) is 0 Å². The number of hydrogen-bond acceptors (Lipinski definition) is 2. The number of hydrogen-bond donors (Lipinski definition) is 0. The van der Waals surface area contributed by atoms with Crippen LogP contribution in [0.5, 0.6) is 0 Å². The molecule has 68 valence electrons. The second kappa shape index (κ2) is 5.56. The van der Waals surface area contributed by atoms with Crippen LogP contribution >= 0.6 is 0 Å². The summed E-state index contributed by atoms with van der Waals surface area (Å²) in [5.74, 6) is 0.616. The first-order chi connectivity index (χ1) is 5.13. The molecule has 0 aromatic heterocycles. The average Bonchev–Trinajstić information content (AvgIpc) is 2.02. The van der Waals surface area contributed by atoms with Gasteiger partial charge in [0.15, 0.2) is 0 Å². The molecular weight excluding hydrogens is 138 g/mol. The van der Waals surface area contributed by atoms with E-state index in [-0.39, 0.29) is 0 Å². The Morgan fingerprint density at radius 2 is 1.91 bits per heavy atom. The SMILES string of the molecule is CCN(C)C(C)C(C)COC. The van der Waals surface area contributed by atoms with E-state index in [0.29, 0.717) is 12.0 Å². The van der Waals surface area contributed by atoms with Gasteiger partial charge in [-0.1, -0.05) is 13.8 Å². The Morgan fingerprint density at radius 1 is 1.36 bits per heavy atom. The van der Waals surface area contributed by atoms with Gasteiger partial charge in [0.05, 0.1) is 6.61 Å². The van der Waals surface area contributed by atoms with Gasteiger partial charge in [-0.25, -0.2) is 0 Å². The summed E-state index contributed by atoms with van der Waals surface area (Å²) in [6, 6.07) is 0.611. The molecule has 0 heterocycles. The third-order valence-electron chi connectivity index (χ3n) is 2.45. The van der Waals surface area contributed by atoms with Crippen molar-refractivity contribution in [3.63, 3.8) is 0 Å². The summed E-state index contributed by atoms with van der Waals surface area (Å²) in [5, 5.41) is 0. The van der Waals surface area contributed by atoms with Crippen molar-refractivity contribution in [2.24, 2.45) is 5.92 Å². The molecule has 0 aromatic carbocycles. The first-order valence-electron chi connectivity index (χ1n) is 4.32. The maximum absolute atomic E-state index is 5.09. The molecule has 2 heteroatoms. The fourth-order valence-corrected chi connectivity index (χ4v) is 1.12. The highest BCUT2D eigenvalue weighted by atomic mass is 16.5. The van der Waals surface area contributed by atoms with Crippen LogP contribution in [0.2, 0.25) is 0 Å². The van der Waals surface area contributed by atoms with Gasteiger partial charge >= 0.3 is 0 Å². The molecule has 0 aliphatic carbocycles. The molecule has 0 aliphatic rings. The van der Waals surface area contributed by atoms with Gasteiger partial charge < -0.3 is 9.64 Å². The number of methoxy groups -OCH3 is 1. The molecule has 0 radical (unpaired) electrons. The molecule has 0 fully saturated rings. The van der Waals surface area contributed by atoms with Gasteiger partial charge in [0.1, 0.15) is 0 Å². The van der Waals surface area contributed by atoms with E-state index in [9.17, 15) is 0 Å². The van der Waals surface area contributed by atoms with Crippen LogP contribution in [0, 0.1) is 5.92 Å². The van der Waals surface area contributed by atoms with E-state index in [4.69, 9.17) is 4.74 Å². The van der Waals surface area contributed by atoms with Gasteiger partial charge in [-0.2, -0.15) is 0 Å². The molecule has 2 nitrogen and oxygen atoms in total. The monoisotopic (exact) mass is 159 g/mol. The zero-order chi connectivity index (χ0) is 8.85. The first-order valence-corrected chi connectivity index (χ1v) is 4.32. The summed E-state index contributed by atoms with van der Waals surface area (Å²) in [5.41, 5.74) is 0. The van der Waals surface area contributed by atoms with Crippen LogP contribution in [-0.2, 0) is 4.74 Å². The van der Waals surface area contributed by atoms with Gasteiger partial charge in [-0.05, 0) is 26.4 Å². The zero-order valence-corrected chi connectivity index (χ0v) is 8.42. The summed E-state index contributed by atoms with van der Waals surface area (Å²) in [6.45, 7) is 8.60. The third-order valence-corrected chi connectivity index (χ3v) is 2.45. The minimum atomic E-state index is 0.611. The van der Waals surface area contributed by atoms with Crippen LogP contribution in [0.25, 0.3) is 0 Å². The molecule has 11 heavy (non-hydrogen) atoms. The van der Waals surface area contributed by atoms with Crippen molar-refractivity contribution in [1.29, 1.82) is 0 Å². The molecule has 0 spiro atoms. The smallest absolute Gasteiger partial charge is 0.0502 e. The standard InChI is InChI=1S/C9H21NO/c1-6-10(4)9(3)8(2)7-11-5/h8-9H,6-7H2,1-5H3. The van der Waals surface area contributed by atoms with E-state index in [1.54, 1.807) is 7.11 Å². The molecular formula is C9H21NO. The Bertz CT molecular complexity index is 95.6. The topological polar surface area (TPSA) is 12.5 Å². The minimum absolute atomic E-state index is 0.611. The molecule has 2 atom stereocenters. The van der Waals surface area contributed by atoms with Crippen LogP contribution < -0.4 is 0 Å². The lowest BCUT2D eigenvalue weighted by atomic mass is 10.0. The fraction of sp³-hybridized carbons (Fsp3) is 1.00. The summed E-state index contributed by atoms with van der Waals surface area (Å²) in [7, 11) is 3.91. The van der Waals surface area contributed by atoms with E-state index in [1.165, 1.54) is 0 Å². The lowest BCUT2D eigenvalue weighted by molar-refractivity contribution is 0.105. The Morgan fingerprint density at radius 3 is 2.27 bits per heavy atom. The second-order valence-electron chi connectivity index (χ2n) is 3.25. The van der Waals surface area contributed by atoms with Crippen LogP contribution in [0.4, 0.5) is 0 Å². The van der Waals surface area contributed by atoms with Gasteiger partial charge in [0.25, 0.3) is 0 Å². The van der Waals surface area contributed by atoms with Gasteiger partial charge in [-0.3, -0.25) is 0 Å². The Balaban J connectivity index is 3.70. The fourth-order valence-electron chi connectivity index (χ4n) is 1.12. The normalized spacial score (nSPS) is 16.9. The zero-order valence-electron chi connectivity index (χ0n) is 8.42. The summed E-state index contributed by atoms with van der Waals surface area (Å²) >= 11 is 0. The van der Waals surface area contributed by atoms with Gasteiger partial charge in [0.2, 0.25) is 0 Å². The molecule has 0 aromatic rings. The molecule has 0 bridgehead atoms. The second-order valence-corrected chi connectivity index (χ2v) is 3.25. The largest absolute Gasteiger partial charge is 0.384 e. The highest BCUT2D eigenvalue weighted by molar-refractivity contribution is 4.68. The van der Waals surface area contributed by atoms with Crippen molar-refractivity contribution in [2.75, 3.05) is 27.3 Å². The Labute approximate surface area is 70.5 Å². The number of rotatable bonds is 5. The van der Waals surface area contributed by atoms with Crippen molar-refractivity contribution < 1.29 is 4.74 Å². The minimum Gasteiger partial charge on any atom is -0.384 e. The van der Waals surface area contributed by atoms with E-state index in [1.807, 2.05) is 0 Å². The van der Waals surface area contributed by atoms with Crippen molar-refractivity contribution >= 4 is 0 Å². The maximum atomic E-state index is 5.09. The van der Waals surface area contributed by atoms with Crippen molar-refractivity contribution in [1.82, 2.24) is 4.90 Å². The number of nitrogens with zero attached hydrogens (tertiary/aromatic N) is 1. The molecule has 0 N–H and O–H groups in total. The molecule has 0 aliphatic heterocycles. The quantitative estimate of drug-likeness (QED) is 0.604. The Hall–Kier alpha value is -0.0800. The molecule has 2 unspecified atom stereocenters. The van der Waals surface area contributed by atoms with Crippen molar-refractivity contribution in [2.45, 2.75) is 26.8 Å². The summed E-state index contributed by atoms with van der Waals surface area (Å²) < 4.78 is 5.09.